The number of rotatable bonds is 6. The number of piperazine rings is 1. The van der Waals surface area contributed by atoms with E-state index in [-0.39, 0.29) is 11.8 Å². The molecule has 0 saturated carbocycles. The molecule has 0 spiro atoms. The predicted octanol–water partition coefficient (Wildman–Crippen LogP) is 0.557. The van der Waals surface area contributed by atoms with E-state index in [1.54, 1.807) is 0 Å². The molecule has 1 fully saturated rings. The molecule has 1 heterocycles. The molecule has 0 radical (unpaired) electrons. The van der Waals surface area contributed by atoms with Crippen LogP contribution in [0.1, 0.15) is 18.4 Å². The zero-order valence-electron chi connectivity index (χ0n) is 12.3. The summed E-state index contributed by atoms with van der Waals surface area (Å²) in [5.74, 6) is 0.131. The van der Waals surface area contributed by atoms with Gasteiger partial charge in [-0.2, -0.15) is 0 Å². The van der Waals surface area contributed by atoms with Gasteiger partial charge >= 0.3 is 0 Å². The number of amides is 2. The lowest BCUT2D eigenvalue weighted by molar-refractivity contribution is -0.131. The Bertz CT molecular complexity index is 456. The number of nitrogens with zero attached hydrogens (tertiary/aromatic N) is 1. The molecular weight excluding hydrogens is 266 g/mol. The maximum absolute atomic E-state index is 11.9. The summed E-state index contributed by atoms with van der Waals surface area (Å²) in [6, 6.07) is 9.94. The number of carbonyl (C=O) groups is 2. The molecular formula is C16H23N3O2. The zero-order chi connectivity index (χ0) is 14.9. The van der Waals surface area contributed by atoms with E-state index in [9.17, 15) is 9.59 Å². The van der Waals surface area contributed by atoms with Crippen LogP contribution < -0.4 is 10.6 Å². The van der Waals surface area contributed by atoms with E-state index in [4.69, 9.17) is 0 Å². The smallest absolute Gasteiger partial charge is 0.224 e. The molecule has 1 saturated heterocycles. The maximum atomic E-state index is 11.9. The van der Waals surface area contributed by atoms with Crippen LogP contribution in [0.5, 0.6) is 0 Å². The van der Waals surface area contributed by atoms with Gasteiger partial charge in [0.2, 0.25) is 11.8 Å². The van der Waals surface area contributed by atoms with E-state index < -0.39 is 0 Å². The predicted molar refractivity (Wildman–Crippen MR) is 81.8 cm³/mol. The SMILES string of the molecule is O=C(CCc1ccccc1)NCCC(=O)N1CCNCC1. The van der Waals surface area contributed by atoms with Gasteiger partial charge in [0.15, 0.2) is 0 Å². The molecule has 1 aromatic rings. The fourth-order valence-corrected chi connectivity index (χ4v) is 2.37. The second-order valence-corrected chi connectivity index (χ2v) is 5.22. The Balaban J connectivity index is 1.59. The van der Waals surface area contributed by atoms with Crippen molar-refractivity contribution < 1.29 is 9.59 Å². The Morgan fingerprint density at radius 2 is 1.81 bits per heavy atom. The quantitative estimate of drug-likeness (QED) is 0.804. The first-order valence-electron chi connectivity index (χ1n) is 7.55. The van der Waals surface area contributed by atoms with E-state index in [0.29, 0.717) is 19.4 Å². The monoisotopic (exact) mass is 289 g/mol. The van der Waals surface area contributed by atoms with Gasteiger partial charge in [-0.05, 0) is 12.0 Å². The molecule has 5 nitrogen and oxygen atoms in total. The molecule has 0 atom stereocenters. The Morgan fingerprint density at radius 1 is 1.10 bits per heavy atom. The minimum Gasteiger partial charge on any atom is -0.356 e. The van der Waals surface area contributed by atoms with E-state index in [1.807, 2.05) is 35.2 Å². The van der Waals surface area contributed by atoms with Crippen molar-refractivity contribution in [2.75, 3.05) is 32.7 Å². The molecule has 114 valence electrons. The highest BCUT2D eigenvalue weighted by Crippen LogP contribution is 2.02. The van der Waals surface area contributed by atoms with E-state index in [1.165, 1.54) is 0 Å². The van der Waals surface area contributed by atoms with Crippen molar-refractivity contribution in [2.45, 2.75) is 19.3 Å². The minimum absolute atomic E-state index is 0.00645. The van der Waals surface area contributed by atoms with Crippen LogP contribution in [0.4, 0.5) is 0 Å². The second kappa shape index (κ2) is 8.42. The molecule has 5 heteroatoms. The summed E-state index contributed by atoms with van der Waals surface area (Å²) < 4.78 is 0. The van der Waals surface area contributed by atoms with Gasteiger partial charge in [-0.3, -0.25) is 9.59 Å². The number of nitrogens with one attached hydrogen (secondary N) is 2. The second-order valence-electron chi connectivity index (χ2n) is 5.22. The van der Waals surface area contributed by atoms with Crippen LogP contribution in [-0.4, -0.2) is 49.4 Å². The molecule has 0 unspecified atom stereocenters. The van der Waals surface area contributed by atoms with Crippen molar-refractivity contribution >= 4 is 11.8 Å². The van der Waals surface area contributed by atoms with Crippen LogP contribution >= 0.6 is 0 Å². The molecule has 0 aliphatic carbocycles. The highest BCUT2D eigenvalue weighted by molar-refractivity contribution is 5.79. The highest BCUT2D eigenvalue weighted by Gasteiger charge is 2.15. The van der Waals surface area contributed by atoms with Crippen LogP contribution in [0.25, 0.3) is 0 Å². The summed E-state index contributed by atoms with van der Waals surface area (Å²) in [4.78, 5) is 25.5. The third-order valence-electron chi connectivity index (χ3n) is 3.61. The van der Waals surface area contributed by atoms with E-state index in [2.05, 4.69) is 10.6 Å². The van der Waals surface area contributed by atoms with Crippen molar-refractivity contribution in [3.05, 3.63) is 35.9 Å². The number of hydrogen-bond acceptors (Lipinski definition) is 3. The normalized spacial score (nSPS) is 14.8. The first kappa shape index (κ1) is 15.5. The van der Waals surface area contributed by atoms with Gasteiger partial charge in [-0.25, -0.2) is 0 Å². The van der Waals surface area contributed by atoms with Crippen LogP contribution in [0.3, 0.4) is 0 Å². The Morgan fingerprint density at radius 3 is 2.52 bits per heavy atom. The lowest BCUT2D eigenvalue weighted by atomic mass is 10.1. The summed E-state index contributed by atoms with van der Waals surface area (Å²) in [5, 5.41) is 6.03. The van der Waals surface area contributed by atoms with Gasteiger partial charge < -0.3 is 15.5 Å². The van der Waals surface area contributed by atoms with Gasteiger partial charge in [0.1, 0.15) is 0 Å². The lowest BCUT2D eigenvalue weighted by Crippen LogP contribution is -2.47. The Labute approximate surface area is 125 Å². The van der Waals surface area contributed by atoms with Gasteiger partial charge in [-0.15, -0.1) is 0 Å². The standard InChI is InChI=1S/C16H23N3O2/c20-15(7-6-14-4-2-1-3-5-14)18-9-8-16(21)19-12-10-17-11-13-19/h1-5,17H,6-13H2,(H,18,20). The molecule has 0 aromatic heterocycles. The molecule has 1 aromatic carbocycles. The largest absolute Gasteiger partial charge is 0.356 e. The van der Waals surface area contributed by atoms with Crippen molar-refractivity contribution in [1.82, 2.24) is 15.5 Å². The maximum Gasteiger partial charge on any atom is 0.224 e. The summed E-state index contributed by atoms with van der Waals surface area (Å²) in [6.07, 6.45) is 1.58. The van der Waals surface area contributed by atoms with E-state index in [0.717, 1.165) is 38.2 Å². The molecule has 21 heavy (non-hydrogen) atoms. The van der Waals surface area contributed by atoms with Gasteiger partial charge in [0.25, 0.3) is 0 Å². The van der Waals surface area contributed by atoms with Crippen LogP contribution in [0.15, 0.2) is 30.3 Å². The zero-order valence-corrected chi connectivity index (χ0v) is 12.3. The van der Waals surface area contributed by atoms with Crippen molar-refractivity contribution in [3.8, 4) is 0 Å². The first-order chi connectivity index (χ1) is 10.3. The highest BCUT2D eigenvalue weighted by atomic mass is 16.2. The first-order valence-corrected chi connectivity index (χ1v) is 7.55. The summed E-state index contributed by atoms with van der Waals surface area (Å²) in [6.45, 7) is 3.67. The third kappa shape index (κ3) is 5.55. The fourth-order valence-electron chi connectivity index (χ4n) is 2.37. The van der Waals surface area contributed by atoms with Crippen molar-refractivity contribution in [1.29, 1.82) is 0 Å². The van der Waals surface area contributed by atoms with Crippen LogP contribution in [0.2, 0.25) is 0 Å². The van der Waals surface area contributed by atoms with Crippen molar-refractivity contribution in [3.63, 3.8) is 0 Å². The average molecular weight is 289 g/mol. The number of aryl methyl sites for hydroxylation is 1. The lowest BCUT2D eigenvalue weighted by Gasteiger charge is -2.27. The minimum atomic E-state index is 0.00645. The number of benzene rings is 1. The molecule has 1 aliphatic heterocycles. The molecule has 2 N–H and O–H groups in total. The van der Waals surface area contributed by atoms with Gasteiger partial charge in [0.05, 0.1) is 0 Å². The third-order valence-corrected chi connectivity index (χ3v) is 3.61. The van der Waals surface area contributed by atoms with E-state index >= 15 is 0 Å². The average Bonchev–Trinajstić information content (AvgIpc) is 2.54. The number of carbonyl (C=O) groups excluding carboxylic acids is 2. The van der Waals surface area contributed by atoms with Crippen molar-refractivity contribution in [2.24, 2.45) is 0 Å². The fraction of sp³-hybridized carbons (Fsp3) is 0.500. The Hall–Kier alpha value is -1.88. The molecule has 2 amide bonds. The van der Waals surface area contributed by atoms with Crippen LogP contribution in [-0.2, 0) is 16.0 Å². The number of hydrogen-bond donors (Lipinski definition) is 2. The van der Waals surface area contributed by atoms with Gasteiger partial charge in [-0.1, -0.05) is 30.3 Å². The molecule has 0 bridgehead atoms. The molecule has 1 aliphatic rings. The summed E-state index contributed by atoms with van der Waals surface area (Å²) in [5.41, 5.74) is 1.16. The summed E-state index contributed by atoms with van der Waals surface area (Å²) >= 11 is 0. The van der Waals surface area contributed by atoms with Crippen LogP contribution in [0, 0.1) is 0 Å². The summed E-state index contributed by atoms with van der Waals surface area (Å²) in [7, 11) is 0. The van der Waals surface area contributed by atoms with Gasteiger partial charge in [0, 0.05) is 45.6 Å². The topological polar surface area (TPSA) is 61.4 Å². The Kier molecular flexibility index (Phi) is 6.22. The molecule has 2 rings (SSSR count).